The Morgan fingerprint density at radius 2 is 1.88 bits per heavy atom. The van der Waals surface area contributed by atoms with Gasteiger partial charge < -0.3 is 5.11 Å². The second-order valence-corrected chi connectivity index (χ2v) is 3.78. The summed E-state index contributed by atoms with van der Waals surface area (Å²) in [5.74, 6) is -0.190. The lowest BCUT2D eigenvalue weighted by molar-refractivity contribution is 0.476. The summed E-state index contributed by atoms with van der Waals surface area (Å²) in [6, 6.07) is 2.95. The Balaban J connectivity index is 2.56. The molecule has 2 aromatic rings. The summed E-state index contributed by atoms with van der Waals surface area (Å²) in [6.07, 6.45) is 1.29. The van der Waals surface area contributed by atoms with Crippen LogP contribution < -0.4 is 5.69 Å². The zero-order valence-electron chi connectivity index (χ0n) is 7.74. The maximum absolute atomic E-state index is 10.7. The fourth-order valence-corrected chi connectivity index (χ4v) is 1.63. The molecule has 82 valence electrons. The van der Waals surface area contributed by atoms with E-state index in [-0.39, 0.29) is 15.8 Å². The van der Waals surface area contributed by atoms with Gasteiger partial charge in [-0.15, -0.1) is 0 Å². The highest BCUT2D eigenvalue weighted by Gasteiger charge is 2.09. The summed E-state index contributed by atoms with van der Waals surface area (Å²) in [5, 5.41) is 15.5. The molecule has 0 amide bonds. The first-order chi connectivity index (χ1) is 7.58. The van der Waals surface area contributed by atoms with Crippen LogP contribution in [-0.2, 0) is 0 Å². The van der Waals surface area contributed by atoms with Crippen molar-refractivity contribution in [2.24, 2.45) is 0 Å². The van der Waals surface area contributed by atoms with E-state index in [1.54, 1.807) is 0 Å². The lowest BCUT2D eigenvalue weighted by Crippen LogP contribution is -2.11. The van der Waals surface area contributed by atoms with Crippen molar-refractivity contribution in [2.75, 3.05) is 0 Å². The first-order valence-electron chi connectivity index (χ1n) is 4.18. The molecule has 0 radical (unpaired) electrons. The van der Waals surface area contributed by atoms with E-state index in [4.69, 9.17) is 23.2 Å². The van der Waals surface area contributed by atoms with E-state index in [9.17, 15) is 9.90 Å². The second kappa shape index (κ2) is 4.11. The highest BCUT2D eigenvalue weighted by atomic mass is 35.5. The van der Waals surface area contributed by atoms with Crippen LogP contribution in [0.4, 0.5) is 0 Å². The molecule has 0 atom stereocenters. The number of hydrogen-bond donors (Lipinski definition) is 2. The normalized spacial score (nSPS) is 10.4. The topological polar surface area (TPSA) is 78.9 Å². The highest BCUT2D eigenvalue weighted by molar-refractivity contribution is 6.37. The molecule has 1 aromatic carbocycles. The first-order valence-corrected chi connectivity index (χ1v) is 4.93. The average Bonchev–Trinajstić information content (AvgIpc) is 2.26. The number of benzene rings is 1. The van der Waals surface area contributed by atoms with E-state index in [1.165, 1.54) is 18.3 Å². The van der Waals surface area contributed by atoms with E-state index in [1.807, 2.05) is 0 Å². The maximum atomic E-state index is 10.7. The largest absolute Gasteiger partial charge is 0.505 e. The van der Waals surface area contributed by atoms with Crippen LogP contribution in [0.15, 0.2) is 23.1 Å². The number of nitrogens with one attached hydrogen (secondary N) is 1. The zero-order chi connectivity index (χ0) is 11.7. The summed E-state index contributed by atoms with van der Waals surface area (Å²) in [5.41, 5.74) is 0.416. The zero-order valence-corrected chi connectivity index (χ0v) is 9.25. The van der Waals surface area contributed by atoms with E-state index >= 15 is 0 Å². The molecule has 0 saturated heterocycles. The van der Waals surface area contributed by atoms with Gasteiger partial charge in [0.15, 0.2) is 5.75 Å². The summed E-state index contributed by atoms with van der Waals surface area (Å²) in [6.45, 7) is 0. The molecule has 5 nitrogen and oxygen atoms in total. The lowest BCUT2D eigenvalue weighted by Gasteiger charge is -2.03. The summed E-state index contributed by atoms with van der Waals surface area (Å²) in [7, 11) is 0. The Bertz CT molecular complexity index is 554. The Morgan fingerprint density at radius 3 is 2.38 bits per heavy atom. The molecule has 0 aliphatic carbocycles. The van der Waals surface area contributed by atoms with E-state index < -0.39 is 5.69 Å². The monoisotopic (exact) mass is 257 g/mol. The van der Waals surface area contributed by atoms with E-state index in [0.29, 0.717) is 11.3 Å². The molecule has 2 rings (SSSR count). The van der Waals surface area contributed by atoms with Crippen molar-refractivity contribution in [3.8, 4) is 17.0 Å². The fraction of sp³-hybridized carbons (Fsp3) is 0. The predicted molar refractivity (Wildman–Crippen MR) is 59.8 cm³/mol. The van der Waals surface area contributed by atoms with Gasteiger partial charge in [-0.3, -0.25) is 0 Å². The van der Waals surface area contributed by atoms with Crippen molar-refractivity contribution in [3.05, 3.63) is 38.9 Å². The molecule has 16 heavy (non-hydrogen) atoms. The van der Waals surface area contributed by atoms with Crippen molar-refractivity contribution in [1.29, 1.82) is 0 Å². The van der Waals surface area contributed by atoms with Crippen molar-refractivity contribution >= 4 is 23.2 Å². The Morgan fingerprint density at radius 1 is 1.25 bits per heavy atom. The third-order valence-electron chi connectivity index (χ3n) is 1.89. The fourth-order valence-electron chi connectivity index (χ4n) is 1.14. The molecule has 0 fully saturated rings. The van der Waals surface area contributed by atoms with Gasteiger partial charge in [0, 0.05) is 5.56 Å². The van der Waals surface area contributed by atoms with Crippen LogP contribution in [0.5, 0.6) is 5.75 Å². The number of hydrogen-bond acceptors (Lipinski definition) is 4. The number of phenolic OH excluding ortho intramolecular Hbond substituents is 1. The molecule has 2 N–H and O–H groups in total. The van der Waals surface area contributed by atoms with Crippen LogP contribution in [-0.4, -0.2) is 20.3 Å². The third kappa shape index (κ3) is 2.00. The number of aromatic nitrogens is 3. The Kier molecular flexibility index (Phi) is 2.80. The quantitative estimate of drug-likeness (QED) is 0.817. The molecular formula is C9H5Cl2N3O2. The highest BCUT2D eigenvalue weighted by Crippen LogP contribution is 2.35. The standard InChI is InChI=1S/C9H5Cl2N3O2/c10-5-1-4(2-6(11)8(5)15)7-3-12-9(16)14-13-7/h1-3,15H,(H,12,14,16). The van der Waals surface area contributed by atoms with Gasteiger partial charge >= 0.3 is 5.69 Å². The van der Waals surface area contributed by atoms with Crippen LogP contribution in [0.25, 0.3) is 11.3 Å². The van der Waals surface area contributed by atoms with Gasteiger partial charge in [-0.25, -0.2) is 9.89 Å². The van der Waals surface area contributed by atoms with Crippen LogP contribution in [0.3, 0.4) is 0 Å². The molecule has 0 saturated carbocycles. The van der Waals surface area contributed by atoms with Crippen molar-refractivity contribution in [1.82, 2.24) is 15.2 Å². The molecule has 1 aromatic heterocycles. The average molecular weight is 258 g/mol. The summed E-state index contributed by atoms with van der Waals surface area (Å²) < 4.78 is 0. The third-order valence-corrected chi connectivity index (χ3v) is 2.46. The molecule has 0 bridgehead atoms. The smallest absolute Gasteiger partial charge is 0.361 e. The minimum absolute atomic E-state index is 0.107. The molecule has 7 heteroatoms. The van der Waals surface area contributed by atoms with Crippen LogP contribution in [0.1, 0.15) is 0 Å². The van der Waals surface area contributed by atoms with Gasteiger partial charge in [0.05, 0.1) is 16.2 Å². The molecule has 0 unspecified atom stereocenters. The molecule has 0 aliphatic rings. The van der Waals surface area contributed by atoms with Crippen molar-refractivity contribution in [2.45, 2.75) is 0 Å². The first kappa shape index (κ1) is 10.9. The van der Waals surface area contributed by atoms with Crippen LogP contribution >= 0.6 is 23.2 Å². The van der Waals surface area contributed by atoms with Gasteiger partial charge in [0.2, 0.25) is 0 Å². The van der Waals surface area contributed by atoms with E-state index in [2.05, 4.69) is 15.2 Å². The summed E-state index contributed by atoms with van der Waals surface area (Å²) >= 11 is 11.5. The van der Waals surface area contributed by atoms with E-state index in [0.717, 1.165) is 0 Å². The number of nitrogens with zero attached hydrogens (tertiary/aromatic N) is 2. The molecule has 1 heterocycles. The summed E-state index contributed by atoms with van der Waals surface area (Å²) in [4.78, 5) is 14.2. The SMILES string of the molecule is O=c1ncc(-c2cc(Cl)c(O)c(Cl)c2)n[nH]1. The van der Waals surface area contributed by atoms with Crippen LogP contribution in [0, 0.1) is 0 Å². The number of rotatable bonds is 1. The minimum Gasteiger partial charge on any atom is -0.505 e. The van der Waals surface area contributed by atoms with Crippen molar-refractivity contribution < 1.29 is 5.11 Å². The van der Waals surface area contributed by atoms with Gasteiger partial charge in [-0.1, -0.05) is 23.2 Å². The van der Waals surface area contributed by atoms with Gasteiger partial charge in [0.1, 0.15) is 5.69 Å². The lowest BCUT2D eigenvalue weighted by atomic mass is 10.1. The van der Waals surface area contributed by atoms with Gasteiger partial charge in [-0.2, -0.15) is 10.1 Å². The number of phenols is 1. The van der Waals surface area contributed by atoms with Crippen molar-refractivity contribution in [3.63, 3.8) is 0 Å². The van der Waals surface area contributed by atoms with Gasteiger partial charge in [-0.05, 0) is 12.1 Å². The van der Waals surface area contributed by atoms with Gasteiger partial charge in [0.25, 0.3) is 0 Å². The number of halogens is 2. The molecular weight excluding hydrogens is 253 g/mol. The molecule has 0 aliphatic heterocycles. The number of aromatic amines is 1. The maximum Gasteiger partial charge on any atom is 0.361 e. The second-order valence-electron chi connectivity index (χ2n) is 2.96. The number of H-pyrrole nitrogens is 1. The predicted octanol–water partition coefficient (Wildman–Crippen LogP) is 1.84. The Hall–Kier alpha value is -1.59. The number of aromatic hydroxyl groups is 1. The van der Waals surface area contributed by atoms with Crippen LogP contribution in [0.2, 0.25) is 10.0 Å². The Labute approximate surface area is 99.7 Å². The molecule has 0 spiro atoms. The minimum atomic E-state index is -0.542.